The third-order valence-electron chi connectivity index (χ3n) is 6.78. The van der Waals surface area contributed by atoms with Crippen molar-refractivity contribution in [1.29, 1.82) is 0 Å². The van der Waals surface area contributed by atoms with Crippen LogP contribution in [0.4, 0.5) is 4.79 Å². The van der Waals surface area contributed by atoms with Gasteiger partial charge in [-0.25, -0.2) is 9.48 Å². The maximum Gasteiger partial charge on any atom is 0.407 e. The normalized spacial score (nSPS) is 22.1. The minimum Gasteiger partial charge on any atom is -0.449 e. The van der Waals surface area contributed by atoms with E-state index in [0.29, 0.717) is 37.5 Å². The molecule has 1 saturated carbocycles. The fourth-order valence-corrected chi connectivity index (χ4v) is 5.00. The number of aryl methyl sites for hydroxylation is 2. The fraction of sp³-hybridized carbons (Fsp3) is 0.870. The second-order valence-corrected chi connectivity index (χ2v) is 9.15. The van der Waals surface area contributed by atoms with Gasteiger partial charge in [-0.1, -0.05) is 12.1 Å². The second-order valence-electron chi connectivity index (χ2n) is 9.15. The van der Waals surface area contributed by atoms with E-state index in [1.807, 2.05) is 0 Å². The van der Waals surface area contributed by atoms with Crippen molar-refractivity contribution in [3.8, 4) is 0 Å². The van der Waals surface area contributed by atoms with E-state index < -0.39 is 0 Å². The van der Waals surface area contributed by atoms with E-state index in [1.165, 1.54) is 24.2 Å². The van der Waals surface area contributed by atoms with Gasteiger partial charge in [0.15, 0.2) is 0 Å². The average molecular weight is 452 g/mol. The molecule has 9 heteroatoms. The van der Waals surface area contributed by atoms with E-state index in [9.17, 15) is 4.79 Å². The summed E-state index contributed by atoms with van der Waals surface area (Å²) < 4.78 is 12.7. The Bertz CT molecular complexity index is 698. The van der Waals surface area contributed by atoms with Crippen molar-refractivity contribution in [1.82, 2.24) is 25.2 Å². The molecule has 1 aromatic heterocycles. The van der Waals surface area contributed by atoms with Crippen LogP contribution in [0.25, 0.3) is 0 Å². The lowest BCUT2D eigenvalue weighted by atomic mass is 10.0. The summed E-state index contributed by atoms with van der Waals surface area (Å²) in [6.45, 7) is 7.00. The highest BCUT2D eigenvalue weighted by Crippen LogP contribution is 2.52. The van der Waals surface area contributed by atoms with Crippen LogP contribution in [0.5, 0.6) is 0 Å². The molecule has 0 bridgehead atoms. The first-order valence-electron chi connectivity index (χ1n) is 12.3. The molecule has 2 aliphatic carbocycles. The number of alkyl carbamates (subject to hydrolysis) is 1. The fourth-order valence-electron chi connectivity index (χ4n) is 5.00. The summed E-state index contributed by atoms with van der Waals surface area (Å²) in [5.41, 5.74) is 2.48. The maximum atomic E-state index is 11.9. The SMILES string of the molecule is CCCN(C)CCCCn1nnc2c1CCC1C(CC2)C1COC(=O)NCCOCCO. The predicted octanol–water partition coefficient (Wildman–Crippen LogP) is 1.88. The quantitative estimate of drug-likeness (QED) is 0.416. The average Bonchev–Trinajstić information content (AvgIpc) is 3.28. The Morgan fingerprint density at radius 2 is 2.03 bits per heavy atom. The number of ether oxygens (including phenoxy) is 2. The second kappa shape index (κ2) is 13.1. The van der Waals surface area contributed by atoms with Gasteiger partial charge in [0, 0.05) is 13.1 Å². The Labute approximate surface area is 191 Å². The molecule has 1 fully saturated rings. The molecule has 0 aromatic carbocycles. The number of aliphatic hydroxyl groups excluding tert-OH is 1. The molecule has 0 spiro atoms. The van der Waals surface area contributed by atoms with Crippen LogP contribution < -0.4 is 5.32 Å². The van der Waals surface area contributed by atoms with E-state index in [-0.39, 0.29) is 19.3 Å². The minimum absolute atomic E-state index is 0.0109. The van der Waals surface area contributed by atoms with Crippen molar-refractivity contribution in [2.24, 2.45) is 17.8 Å². The number of carbonyl (C=O) groups excluding carboxylic acids is 1. The maximum absolute atomic E-state index is 11.9. The van der Waals surface area contributed by atoms with Crippen molar-refractivity contribution in [2.45, 2.75) is 58.4 Å². The van der Waals surface area contributed by atoms with E-state index in [1.54, 1.807) is 0 Å². The molecule has 182 valence electrons. The first kappa shape index (κ1) is 24.9. The van der Waals surface area contributed by atoms with Crippen LogP contribution in [0.15, 0.2) is 0 Å². The van der Waals surface area contributed by atoms with Gasteiger partial charge in [-0.05, 0) is 82.8 Å². The predicted molar refractivity (Wildman–Crippen MR) is 121 cm³/mol. The summed E-state index contributed by atoms with van der Waals surface area (Å²) in [7, 11) is 2.19. The Balaban J connectivity index is 1.36. The summed E-state index contributed by atoms with van der Waals surface area (Å²) in [6.07, 6.45) is 7.34. The lowest BCUT2D eigenvalue weighted by Gasteiger charge is -2.15. The lowest BCUT2D eigenvalue weighted by molar-refractivity contribution is 0.0900. The van der Waals surface area contributed by atoms with Crippen LogP contribution in [0.1, 0.15) is 50.4 Å². The molecule has 1 amide bonds. The number of amides is 1. The van der Waals surface area contributed by atoms with Crippen LogP contribution in [-0.2, 0) is 28.9 Å². The summed E-state index contributed by atoms with van der Waals surface area (Å²) in [4.78, 5) is 14.3. The van der Waals surface area contributed by atoms with Gasteiger partial charge in [0.25, 0.3) is 0 Å². The number of aromatic nitrogens is 3. The molecule has 3 atom stereocenters. The first-order chi connectivity index (χ1) is 15.6. The van der Waals surface area contributed by atoms with Gasteiger partial charge in [0.2, 0.25) is 0 Å². The van der Waals surface area contributed by atoms with Gasteiger partial charge < -0.3 is 24.8 Å². The van der Waals surface area contributed by atoms with Gasteiger partial charge in [0.05, 0.1) is 37.8 Å². The molecule has 2 N–H and O–H groups in total. The molecule has 3 rings (SSSR count). The Kier molecular flexibility index (Phi) is 10.2. The highest BCUT2D eigenvalue weighted by Gasteiger charge is 2.50. The van der Waals surface area contributed by atoms with E-state index in [0.717, 1.165) is 51.7 Å². The third-order valence-corrected chi connectivity index (χ3v) is 6.78. The van der Waals surface area contributed by atoms with Gasteiger partial charge in [-0.15, -0.1) is 5.10 Å². The number of fused-ring (bicyclic) bond motifs is 2. The molecule has 0 radical (unpaired) electrons. The Hall–Kier alpha value is -1.71. The highest BCUT2D eigenvalue weighted by atomic mass is 16.5. The van der Waals surface area contributed by atoms with Crippen molar-refractivity contribution in [3.63, 3.8) is 0 Å². The zero-order valence-electron chi connectivity index (χ0n) is 19.8. The molecular formula is C23H41N5O4. The van der Waals surface area contributed by atoms with Crippen molar-refractivity contribution < 1.29 is 19.4 Å². The number of nitrogens with one attached hydrogen (secondary N) is 1. The minimum atomic E-state index is -0.387. The smallest absolute Gasteiger partial charge is 0.407 e. The lowest BCUT2D eigenvalue weighted by Crippen LogP contribution is -2.29. The molecule has 1 heterocycles. The van der Waals surface area contributed by atoms with Gasteiger partial charge in [-0.2, -0.15) is 0 Å². The van der Waals surface area contributed by atoms with Crippen LogP contribution in [0.3, 0.4) is 0 Å². The standard InChI is InChI=1S/C23H41N5O4/c1-3-11-27(2)12-4-5-13-28-22-9-7-19-18(6-8-21(22)25-26-28)20(19)17-32-23(30)24-10-15-31-16-14-29/h18-20,29H,3-17H2,1-2H3,(H,24,30). The van der Waals surface area contributed by atoms with Crippen LogP contribution in [0.2, 0.25) is 0 Å². The van der Waals surface area contributed by atoms with Gasteiger partial charge >= 0.3 is 6.09 Å². The molecule has 3 unspecified atom stereocenters. The highest BCUT2D eigenvalue weighted by molar-refractivity contribution is 5.67. The number of hydrogen-bond acceptors (Lipinski definition) is 7. The zero-order valence-corrected chi connectivity index (χ0v) is 19.8. The molecule has 9 nitrogen and oxygen atoms in total. The summed E-state index contributed by atoms with van der Waals surface area (Å²) >= 11 is 0. The molecule has 2 aliphatic rings. The number of unbranched alkanes of at least 4 members (excludes halogenated alkanes) is 1. The van der Waals surface area contributed by atoms with E-state index >= 15 is 0 Å². The number of hydrogen-bond donors (Lipinski definition) is 2. The number of rotatable bonds is 14. The molecular weight excluding hydrogens is 410 g/mol. The van der Waals surface area contributed by atoms with E-state index in [4.69, 9.17) is 14.6 Å². The Morgan fingerprint density at radius 1 is 1.22 bits per heavy atom. The van der Waals surface area contributed by atoms with Crippen LogP contribution in [0, 0.1) is 17.8 Å². The summed E-state index contributed by atoms with van der Waals surface area (Å²) in [5, 5.41) is 20.3. The third kappa shape index (κ3) is 7.42. The topological polar surface area (TPSA) is 102 Å². The summed E-state index contributed by atoms with van der Waals surface area (Å²) in [5.74, 6) is 1.73. The number of carbonyl (C=O) groups is 1. The molecule has 1 aromatic rings. The van der Waals surface area contributed by atoms with Crippen molar-refractivity contribution in [2.75, 3.05) is 53.1 Å². The largest absolute Gasteiger partial charge is 0.449 e. The summed E-state index contributed by atoms with van der Waals surface area (Å²) in [6, 6.07) is 0. The number of nitrogens with zero attached hydrogens (tertiary/aromatic N) is 4. The first-order valence-corrected chi connectivity index (χ1v) is 12.3. The monoisotopic (exact) mass is 451 g/mol. The van der Waals surface area contributed by atoms with Gasteiger partial charge in [0.1, 0.15) is 0 Å². The van der Waals surface area contributed by atoms with Crippen molar-refractivity contribution >= 4 is 6.09 Å². The Morgan fingerprint density at radius 3 is 2.81 bits per heavy atom. The van der Waals surface area contributed by atoms with Crippen LogP contribution >= 0.6 is 0 Å². The molecule has 0 saturated heterocycles. The molecule has 32 heavy (non-hydrogen) atoms. The van der Waals surface area contributed by atoms with E-state index in [2.05, 4.69) is 39.2 Å². The molecule has 0 aliphatic heterocycles. The zero-order chi connectivity index (χ0) is 22.8. The van der Waals surface area contributed by atoms with Crippen LogP contribution in [-0.4, -0.2) is 84.2 Å². The number of aliphatic hydroxyl groups is 1. The van der Waals surface area contributed by atoms with Gasteiger partial charge in [-0.3, -0.25) is 0 Å². The van der Waals surface area contributed by atoms with Crippen molar-refractivity contribution in [3.05, 3.63) is 11.4 Å².